The van der Waals surface area contributed by atoms with Crippen molar-refractivity contribution >= 4 is 0 Å². The maximum Gasteiger partial charge on any atom is 0.141 e. The van der Waals surface area contributed by atoms with Gasteiger partial charge in [-0.15, -0.1) is 0 Å². The number of nitrogens with one attached hydrogen (secondary N) is 1. The summed E-state index contributed by atoms with van der Waals surface area (Å²) in [5.74, 6) is 0.843. The fourth-order valence-corrected chi connectivity index (χ4v) is 1.87. The average Bonchev–Trinajstić information content (AvgIpc) is 2.99. The van der Waals surface area contributed by atoms with Gasteiger partial charge in [0.2, 0.25) is 0 Å². The maximum atomic E-state index is 5.06. The molecule has 1 N–H and O–H groups in total. The molecule has 0 radical (unpaired) electrons. The van der Waals surface area contributed by atoms with Gasteiger partial charge in [0.1, 0.15) is 12.1 Å². The van der Waals surface area contributed by atoms with Crippen molar-refractivity contribution in [2.75, 3.05) is 0 Å². The van der Waals surface area contributed by atoms with Gasteiger partial charge in [-0.05, 0) is 13.0 Å². The van der Waals surface area contributed by atoms with E-state index in [2.05, 4.69) is 22.1 Å². The minimum atomic E-state index is 0.843. The molecule has 0 bridgehead atoms. The molecule has 0 unspecified atom stereocenters. The minimum Gasteiger partial charge on any atom is -0.472 e. The summed E-state index contributed by atoms with van der Waals surface area (Å²) >= 11 is 0. The number of aromatic amines is 1. The Labute approximate surface area is 99.1 Å². The first-order chi connectivity index (χ1) is 8.34. The summed E-state index contributed by atoms with van der Waals surface area (Å²) in [4.78, 5) is 7.88. The second kappa shape index (κ2) is 3.94. The van der Waals surface area contributed by atoms with Crippen molar-refractivity contribution in [2.45, 2.75) is 6.92 Å². The Hall–Kier alpha value is -2.29. The fourth-order valence-electron chi connectivity index (χ4n) is 1.87. The van der Waals surface area contributed by atoms with Gasteiger partial charge in [-0.2, -0.15) is 0 Å². The molecule has 0 atom stereocenters. The van der Waals surface area contributed by atoms with Gasteiger partial charge in [-0.1, -0.05) is 30.3 Å². The van der Waals surface area contributed by atoms with E-state index in [1.54, 1.807) is 12.5 Å². The highest BCUT2D eigenvalue weighted by Gasteiger charge is 2.10. The van der Waals surface area contributed by atoms with Crippen LogP contribution in [-0.2, 0) is 0 Å². The highest BCUT2D eigenvalue weighted by Crippen LogP contribution is 2.25. The molecule has 3 aromatic rings. The van der Waals surface area contributed by atoms with Crippen molar-refractivity contribution < 1.29 is 4.42 Å². The van der Waals surface area contributed by atoms with Crippen molar-refractivity contribution in [3.05, 3.63) is 54.6 Å². The minimum absolute atomic E-state index is 0.843. The van der Waals surface area contributed by atoms with E-state index < -0.39 is 0 Å². The number of H-pyrrole nitrogens is 1. The molecule has 0 spiro atoms. The molecule has 0 fully saturated rings. The molecule has 1 aromatic carbocycles. The van der Waals surface area contributed by atoms with E-state index in [1.807, 2.05) is 31.2 Å². The lowest BCUT2D eigenvalue weighted by molar-refractivity contribution is 0.568. The van der Waals surface area contributed by atoms with Crippen molar-refractivity contribution in [2.24, 2.45) is 0 Å². The number of benzene rings is 1. The lowest BCUT2D eigenvalue weighted by Crippen LogP contribution is -1.79. The van der Waals surface area contributed by atoms with Crippen LogP contribution in [0.25, 0.3) is 22.6 Å². The Bertz CT molecular complexity index is 609. The van der Waals surface area contributed by atoms with Gasteiger partial charge in [0.15, 0.2) is 0 Å². The summed E-state index contributed by atoms with van der Waals surface area (Å²) in [7, 11) is 0. The first-order valence-electron chi connectivity index (χ1n) is 5.49. The molecule has 0 aliphatic rings. The van der Waals surface area contributed by atoms with Gasteiger partial charge in [0, 0.05) is 11.3 Å². The maximum absolute atomic E-state index is 5.06. The third kappa shape index (κ3) is 1.76. The third-order valence-corrected chi connectivity index (χ3v) is 2.73. The predicted molar refractivity (Wildman–Crippen MR) is 66.5 cm³/mol. The highest BCUT2D eigenvalue weighted by molar-refractivity contribution is 5.66. The Kier molecular flexibility index (Phi) is 2.29. The Morgan fingerprint density at radius 2 is 1.88 bits per heavy atom. The molecular formula is C14H12N2O. The molecular weight excluding hydrogens is 212 g/mol. The number of hydrogen-bond acceptors (Lipinski definition) is 2. The zero-order valence-corrected chi connectivity index (χ0v) is 9.47. The molecule has 17 heavy (non-hydrogen) atoms. The molecule has 3 rings (SSSR count). The zero-order chi connectivity index (χ0) is 11.7. The van der Waals surface area contributed by atoms with E-state index >= 15 is 0 Å². The van der Waals surface area contributed by atoms with Gasteiger partial charge in [-0.3, -0.25) is 0 Å². The van der Waals surface area contributed by atoms with Crippen molar-refractivity contribution in [1.82, 2.24) is 9.97 Å². The molecule has 84 valence electrons. The summed E-state index contributed by atoms with van der Waals surface area (Å²) in [6.45, 7) is 2.03. The monoisotopic (exact) mass is 224 g/mol. The van der Waals surface area contributed by atoms with Crippen LogP contribution in [-0.4, -0.2) is 9.97 Å². The summed E-state index contributed by atoms with van der Waals surface area (Å²) in [6.07, 6.45) is 3.34. The topological polar surface area (TPSA) is 41.8 Å². The van der Waals surface area contributed by atoms with Gasteiger partial charge >= 0.3 is 0 Å². The lowest BCUT2D eigenvalue weighted by atomic mass is 10.1. The number of aryl methyl sites for hydroxylation is 1. The average molecular weight is 224 g/mol. The molecule has 0 aliphatic carbocycles. The molecule has 0 amide bonds. The van der Waals surface area contributed by atoms with Crippen LogP contribution in [0.4, 0.5) is 0 Å². The molecule has 0 aliphatic heterocycles. The molecule has 3 nitrogen and oxygen atoms in total. The Balaban J connectivity index is 2.08. The molecule has 0 saturated carbocycles. The molecule has 0 saturated heterocycles. The number of aromatic nitrogens is 2. The standard InChI is InChI=1S/C14H12N2O/c1-10-13(11-5-3-2-4-6-11)16-14(15-10)12-7-8-17-9-12/h2-9H,1H3,(H,15,16). The highest BCUT2D eigenvalue weighted by atomic mass is 16.3. The zero-order valence-electron chi connectivity index (χ0n) is 9.47. The summed E-state index contributed by atoms with van der Waals surface area (Å²) in [5, 5.41) is 0. The van der Waals surface area contributed by atoms with E-state index in [4.69, 9.17) is 4.42 Å². The van der Waals surface area contributed by atoms with Crippen LogP contribution in [0.15, 0.2) is 53.3 Å². The van der Waals surface area contributed by atoms with Crippen LogP contribution in [0.5, 0.6) is 0 Å². The van der Waals surface area contributed by atoms with Gasteiger partial charge in [0.05, 0.1) is 17.5 Å². The number of rotatable bonds is 2. The number of nitrogens with zero attached hydrogens (tertiary/aromatic N) is 1. The number of furan rings is 1. The van der Waals surface area contributed by atoms with E-state index in [0.717, 1.165) is 28.3 Å². The quantitative estimate of drug-likeness (QED) is 0.722. The first-order valence-corrected chi connectivity index (χ1v) is 5.49. The van der Waals surface area contributed by atoms with Crippen LogP contribution in [0.1, 0.15) is 5.69 Å². The second-order valence-corrected chi connectivity index (χ2v) is 3.94. The fraction of sp³-hybridized carbons (Fsp3) is 0.0714. The molecule has 2 heterocycles. The van der Waals surface area contributed by atoms with Crippen LogP contribution in [0.3, 0.4) is 0 Å². The van der Waals surface area contributed by atoms with Gasteiger partial charge in [-0.25, -0.2) is 4.98 Å². The largest absolute Gasteiger partial charge is 0.472 e. The normalized spacial score (nSPS) is 10.6. The van der Waals surface area contributed by atoms with Crippen LogP contribution in [0, 0.1) is 6.92 Å². The second-order valence-electron chi connectivity index (χ2n) is 3.94. The third-order valence-electron chi connectivity index (χ3n) is 2.73. The van der Waals surface area contributed by atoms with Crippen molar-refractivity contribution in [1.29, 1.82) is 0 Å². The SMILES string of the molecule is Cc1[nH]c(-c2ccoc2)nc1-c1ccccc1. The number of imidazole rings is 1. The summed E-state index contributed by atoms with van der Waals surface area (Å²) < 4.78 is 5.06. The van der Waals surface area contributed by atoms with Gasteiger partial charge in [0.25, 0.3) is 0 Å². The smallest absolute Gasteiger partial charge is 0.141 e. The van der Waals surface area contributed by atoms with Crippen LogP contribution >= 0.6 is 0 Å². The van der Waals surface area contributed by atoms with Crippen LogP contribution in [0.2, 0.25) is 0 Å². The van der Waals surface area contributed by atoms with Crippen molar-refractivity contribution in [3.8, 4) is 22.6 Å². The van der Waals surface area contributed by atoms with Crippen LogP contribution < -0.4 is 0 Å². The Morgan fingerprint density at radius 3 is 2.59 bits per heavy atom. The van der Waals surface area contributed by atoms with E-state index in [1.165, 1.54) is 0 Å². The van der Waals surface area contributed by atoms with E-state index in [9.17, 15) is 0 Å². The summed E-state index contributed by atoms with van der Waals surface area (Å²) in [5.41, 5.74) is 4.14. The number of hydrogen-bond donors (Lipinski definition) is 1. The lowest BCUT2D eigenvalue weighted by Gasteiger charge is -1.96. The van der Waals surface area contributed by atoms with E-state index in [0.29, 0.717) is 0 Å². The van der Waals surface area contributed by atoms with E-state index in [-0.39, 0.29) is 0 Å². The van der Waals surface area contributed by atoms with Gasteiger partial charge < -0.3 is 9.40 Å². The van der Waals surface area contributed by atoms with Crippen molar-refractivity contribution in [3.63, 3.8) is 0 Å². The predicted octanol–water partition coefficient (Wildman–Crippen LogP) is 3.65. The molecule has 3 heteroatoms. The Morgan fingerprint density at radius 1 is 1.06 bits per heavy atom. The summed E-state index contributed by atoms with van der Waals surface area (Å²) in [6, 6.07) is 12.0. The molecule has 2 aromatic heterocycles. The first kappa shape index (κ1) is 9.90.